The van der Waals surface area contributed by atoms with Crippen LogP contribution in [0.15, 0.2) is 60.8 Å². The number of carbonyl (C=O) groups excluding carboxylic acids is 1. The molecule has 150 valence electrons. The Bertz CT molecular complexity index is 1000. The molecule has 6 heteroatoms. The number of carbonyl (C=O) groups is 1. The Morgan fingerprint density at radius 1 is 0.931 bits per heavy atom. The molecule has 2 N–H and O–H groups in total. The summed E-state index contributed by atoms with van der Waals surface area (Å²) in [4.78, 5) is 17.0. The third-order valence-electron chi connectivity index (χ3n) is 4.50. The van der Waals surface area contributed by atoms with Gasteiger partial charge in [0.25, 0.3) is 5.91 Å². The van der Waals surface area contributed by atoms with Crippen LogP contribution in [0, 0.1) is 0 Å². The van der Waals surface area contributed by atoms with Crippen LogP contribution in [-0.2, 0) is 0 Å². The fourth-order valence-corrected chi connectivity index (χ4v) is 3.01. The number of benzene rings is 2. The van der Waals surface area contributed by atoms with Crippen LogP contribution in [0.4, 0.5) is 17.1 Å². The molecule has 0 radical (unpaired) electrons. The Hall–Kier alpha value is -3.54. The summed E-state index contributed by atoms with van der Waals surface area (Å²) >= 11 is 0. The van der Waals surface area contributed by atoms with Gasteiger partial charge in [0.05, 0.1) is 14.2 Å². The van der Waals surface area contributed by atoms with Gasteiger partial charge >= 0.3 is 0 Å². The Kier molecular flexibility index (Phi) is 6.34. The van der Waals surface area contributed by atoms with Crippen molar-refractivity contribution in [3.05, 3.63) is 72.1 Å². The van der Waals surface area contributed by atoms with Gasteiger partial charge in [-0.1, -0.05) is 32.0 Å². The third kappa shape index (κ3) is 4.85. The first-order valence-corrected chi connectivity index (χ1v) is 9.37. The minimum atomic E-state index is -0.255. The highest BCUT2D eigenvalue weighted by atomic mass is 16.5. The molecule has 0 saturated heterocycles. The lowest BCUT2D eigenvalue weighted by atomic mass is 10.0. The van der Waals surface area contributed by atoms with Crippen LogP contribution in [0.5, 0.6) is 11.5 Å². The molecule has 2 aromatic carbocycles. The SMILES string of the molecule is COc1ccc(Nc2ccnc(C(=O)Nc3ccccc3C(C)C)c2)cc1OC. The van der Waals surface area contributed by atoms with E-state index in [9.17, 15) is 4.79 Å². The van der Waals surface area contributed by atoms with Crippen molar-refractivity contribution >= 4 is 23.0 Å². The number of nitrogens with one attached hydrogen (secondary N) is 2. The van der Waals surface area contributed by atoms with Crippen LogP contribution in [0.1, 0.15) is 35.8 Å². The summed E-state index contributed by atoms with van der Waals surface area (Å²) in [6.07, 6.45) is 1.60. The predicted molar refractivity (Wildman–Crippen MR) is 116 cm³/mol. The van der Waals surface area contributed by atoms with Gasteiger partial charge in [0.2, 0.25) is 0 Å². The Balaban J connectivity index is 1.78. The number of hydrogen-bond donors (Lipinski definition) is 2. The molecule has 0 saturated carbocycles. The zero-order chi connectivity index (χ0) is 20.8. The molecule has 0 atom stereocenters. The number of amides is 1. The minimum absolute atomic E-state index is 0.255. The molecule has 29 heavy (non-hydrogen) atoms. The van der Waals surface area contributed by atoms with E-state index < -0.39 is 0 Å². The highest BCUT2D eigenvalue weighted by Gasteiger charge is 2.13. The number of rotatable bonds is 7. The van der Waals surface area contributed by atoms with E-state index in [1.54, 1.807) is 32.5 Å². The Morgan fingerprint density at radius 3 is 2.38 bits per heavy atom. The molecule has 3 aromatic rings. The molecule has 0 aliphatic heterocycles. The number of ether oxygens (including phenoxy) is 2. The van der Waals surface area contributed by atoms with Gasteiger partial charge in [0, 0.05) is 29.3 Å². The minimum Gasteiger partial charge on any atom is -0.493 e. The number of methoxy groups -OCH3 is 2. The number of aromatic nitrogens is 1. The summed E-state index contributed by atoms with van der Waals surface area (Å²) in [5.74, 6) is 1.32. The highest BCUT2D eigenvalue weighted by molar-refractivity contribution is 6.03. The molecule has 0 bridgehead atoms. The van der Waals surface area contributed by atoms with Crippen LogP contribution < -0.4 is 20.1 Å². The Labute approximate surface area is 170 Å². The van der Waals surface area contributed by atoms with E-state index in [2.05, 4.69) is 29.5 Å². The largest absolute Gasteiger partial charge is 0.493 e. The molecule has 6 nitrogen and oxygen atoms in total. The lowest BCUT2D eigenvalue weighted by Gasteiger charge is -2.14. The van der Waals surface area contributed by atoms with Gasteiger partial charge in [0.15, 0.2) is 11.5 Å². The van der Waals surface area contributed by atoms with Crippen molar-refractivity contribution in [2.75, 3.05) is 24.9 Å². The van der Waals surface area contributed by atoms with Crippen LogP contribution in [0.2, 0.25) is 0 Å². The van der Waals surface area contributed by atoms with Crippen molar-refractivity contribution in [2.45, 2.75) is 19.8 Å². The van der Waals surface area contributed by atoms with Gasteiger partial charge in [-0.3, -0.25) is 9.78 Å². The van der Waals surface area contributed by atoms with Crippen molar-refractivity contribution in [1.82, 2.24) is 4.98 Å². The van der Waals surface area contributed by atoms with Gasteiger partial charge in [-0.15, -0.1) is 0 Å². The smallest absolute Gasteiger partial charge is 0.274 e. The number of pyridine rings is 1. The summed E-state index contributed by atoms with van der Waals surface area (Å²) in [5.41, 5.74) is 3.77. The average Bonchev–Trinajstić information content (AvgIpc) is 2.74. The van der Waals surface area contributed by atoms with Crippen molar-refractivity contribution in [3.63, 3.8) is 0 Å². The van der Waals surface area contributed by atoms with Crippen LogP contribution in [0.3, 0.4) is 0 Å². The van der Waals surface area contributed by atoms with Crippen LogP contribution in [-0.4, -0.2) is 25.1 Å². The standard InChI is InChI=1S/C23H25N3O3/c1-15(2)18-7-5-6-8-19(18)26-23(27)20-13-17(11-12-24-20)25-16-9-10-21(28-3)22(14-16)29-4/h5-15H,1-4H3,(H,24,25)(H,26,27). The lowest BCUT2D eigenvalue weighted by molar-refractivity contribution is 0.102. The third-order valence-corrected chi connectivity index (χ3v) is 4.50. The molecule has 0 fully saturated rings. The molecule has 1 heterocycles. The van der Waals surface area contributed by atoms with Gasteiger partial charge in [-0.2, -0.15) is 0 Å². The Morgan fingerprint density at radius 2 is 1.66 bits per heavy atom. The quantitative estimate of drug-likeness (QED) is 0.578. The van der Waals surface area contributed by atoms with E-state index in [-0.39, 0.29) is 5.91 Å². The lowest BCUT2D eigenvalue weighted by Crippen LogP contribution is -2.15. The summed E-state index contributed by atoms with van der Waals surface area (Å²) < 4.78 is 10.6. The normalized spacial score (nSPS) is 10.5. The van der Waals surface area contributed by atoms with E-state index >= 15 is 0 Å². The molecule has 1 amide bonds. The van der Waals surface area contributed by atoms with E-state index in [0.717, 1.165) is 22.6 Å². The van der Waals surface area contributed by atoms with Crippen LogP contribution >= 0.6 is 0 Å². The van der Waals surface area contributed by atoms with Crippen LogP contribution in [0.25, 0.3) is 0 Å². The maximum Gasteiger partial charge on any atom is 0.274 e. The first kappa shape index (κ1) is 20.2. The summed E-state index contributed by atoms with van der Waals surface area (Å²) in [7, 11) is 3.18. The van der Waals surface area contributed by atoms with Gasteiger partial charge in [0.1, 0.15) is 5.69 Å². The van der Waals surface area contributed by atoms with E-state index in [4.69, 9.17) is 9.47 Å². The van der Waals surface area contributed by atoms with E-state index in [1.807, 2.05) is 42.5 Å². The molecule has 0 spiro atoms. The van der Waals surface area contributed by atoms with E-state index in [0.29, 0.717) is 23.1 Å². The predicted octanol–water partition coefficient (Wildman–Crippen LogP) is 5.22. The van der Waals surface area contributed by atoms with Gasteiger partial charge in [-0.25, -0.2) is 0 Å². The number of para-hydroxylation sites is 1. The molecular formula is C23H25N3O3. The highest BCUT2D eigenvalue weighted by Crippen LogP contribution is 2.31. The van der Waals surface area contributed by atoms with Crippen molar-refractivity contribution in [1.29, 1.82) is 0 Å². The maximum absolute atomic E-state index is 12.7. The molecule has 3 rings (SSSR count). The fraction of sp³-hybridized carbons (Fsp3) is 0.217. The summed E-state index contributed by atoms with van der Waals surface area (Å²) in [6, 6.07) is 16.8. The van der Waals surface area contributed by atoms with Crippen molar-refractivity contribution in [3.8, 4) is 11.5 Å². The van der Waals surface area contributed by atoms with Crippen molar-refractivity contribution in [2.24, 2.45) is 0 Å². The second-order valence-corrected chi connectivity index (χ2v) is 6.82. The zero-order valence-electron chi connectivity index (χ0n) is 17.0. The second kappa shape index (κ2) is 9.10. The molecule has 0 aliphatic rings. The molecule has 0 unspecified atom stereocenters. The summed E-state index contributed by atoms with van der Waals surface area (Å²) in [5, 5.41) is 6.23. The van der Waals surface area contributed by atoms with E-state index in [1.165, 1.54) is 0 Å². The number of anilines is 3. The monoisotopic (exact) mass is 391 g/mol. The number of nitrogens with zero attached hydrogens (tertiary/aromatic N) is 1. The number of hydrogen-bond acceptors (Lipinski definition) is 5. The van der Waals surface area contributed by atoms with Crippen molar-refractivity contribution < 1.29 is 14.3 Å². The molecule has 1 aromatic heterocycles. The van der Waals surface area contributed by atoms with Gasteiger partial charge in [-0.05, 0) is 41.8 Å². The van der Waals surface area contributed by atoms with Gasteiger partial charge < -0.3 is 20.1 Å². The molecule has 0 aliphatic carbocycles. The fourth-order valence-electron chi connectivity index (χ4n) is 3.01. The topological polar surface area (TPSA) is 72.5 Å². The zero-order valence-corrected chi connectivity index (χ0v) is 17.0. The molecular weight excluding hydrogens is 366 g/mol. The first-order valence-electron chi connectivity index (χ1n) is 9.37. The second-order valence-electron chi connectivity index (χ2n) is 6.82. The first-order chi connectivity index (χ1) is 14.0. The summed E-state index contributed by atoms with van der Waals surface area (Å²) in [6.45, 7) is 4.19. The maximum atomic E-state index is 12.7. The average molecular weight is 391 g/mol.